The Kier molecular flexibility index (Phi) is 1.77. The molecule has 5 aliphatic rings. The Balaban J connectivity index is 1.68. The minimum atomic E-state index is -0.142. The van der Waals surface area contributed by atoms with Gasteiger partial charge >= 0.3 is 6.03 Å². The van der Waals surface area contributed by atoms with Crippen LogP contribution in [0, 0.1) is 17.8 Å². The van der Waals surface area contributed by atoms with Crippen LogP contribution in [0.3, 0.4) is 0 Å². The van der Waals surface area contributed by atoms with Crippen LogP contribution in [0.5, 0.6) is 0 Å². The molecule has 92 valence electrons. The lowest BCUT2D eigenvalue weighted by Gasteiger charge is -2.59. The second kappa shape index (κ2) is 3.03. The predicted octanol–water partition coefficient (Wildman–Crippen LogP) is 1.51. The summed E-state index contributed by atoms with van der Waals surface area (Å²) >= 11 is 0. The van der Waals surface area contributed by atoms with Crippen LogP contribution >= 0.6 is 0 Å². The highest BCUT2D eigenvalue weighted by Crippen LogP contribution is 2.57. The number of carbonyl (C=O) groups excluding carboxylic acids is 2. The normalized spacial score (nSPS) is 47.8. The van der Waals surface area contributed by atoms with Crippen LogP contribution in [-0.4, -0.2) is 28.9 Å². The van der Waals surface area contributed by atoms with E-state index in [-0.39, 0.29) is 17.5 Å². The maximum absolute atomic E-state index is 11.9. The number of hydrogen-bond donors (Lipinski definition) is 1. The lowest BCUT2D eigenvalue weighted by atomic mass is 9.52. The highest BCUT2D eigenvalue weighted by atomic mass is 16.2. The number of carbonyl (C=O) groups is 2. The Morgan fingerprint density at radius 1 is 1.00 bits per heavy atom. The van der Waals surface area contributed by atoms with Gasteiger partial charge in [0.1, 0.15) is 6.54 Å². The van der Waals surface area contributed by atoms with E-state index in [1.165, 1.54) is 19.3 Å². The first-order chi connectivity index (χ1) is 8.14. The van der Waals surface area contributed by atoms with Crippen molar-refractivity contribution < 1.29 is 9.59 Å². The summed E-state index contributed by atoms with van der Waals surface area (Å²) in [5, 5.41) is 2.44. The van der Waals surface area contributed by atoms with E-state index in [1.807, 2.05) is 4.90 Å². The maximum atomic E-state index is 11.9. The van der Waals surface area contributed by atoms with Gasteiger partial charge in [-0.3, -0.25) is 10.1 Å². The van der Waals surface area contributed by atoms with Crippen molar-refractivity contribution in [1.29, 1.82) is 0 Å². The number of imide groups is 1. The minimum absolute atomic E-state index is 0.0327. The van der Waals surface area contributed by atoms with Crippen molar-refractivity contribution in [2.45, 2.75) is 44.1 Å². The quantitative estimate of drug-likeness (QED) is 0.699. The summed E-state index contributed by atoms with van der Waals surface area (Å²) in [6.07, 6.45) is 7.51. The minimum Gasteiger partial charge on any atom is -0.309 e. The van der Waals surface area contributed by atoms with Crippen molar-refractivity contribution in [1.82, 2.24) is 10.2 Å². The average Bonchev–Trinajstić information content (AvgIpc) is 2.56. The number of nitrogens with zero attached hydrogens (tertiary/aromatic N) is 1. The maximum Gasteiger partial charge on any atom is 0.325 e. The molecule has 3 amide bonds. The molecule has 0 aromatic rings. The molecule has 0 radical (unpaired) electrons. The van der Waals surface area contributed by atoms with Crippen LogP contribution in [0.2, 0.25) is 0 Å². The van der Waals surface area contributed by atoms with Gasteiger partial charge in [-0.25, -0.2) is 4.79 Å². The van der Waals surface area contributed by atoms with Crippen molar-refractivity contribution in [3.05, 3.63) is 0 Å². The van der Waals surface area contributed by atoms with Crippen molar-refractivity contribution in [2.24, 2.45) is 17.8 Å². The standard InChI is InChI=1S/C13H18N2O2/c16-11-7-15(12(17)14-11)13-4-8-1-9(5-13)3-10(2-8)6-13/h8-10H,1-7H2,(H,14,16,17). The van der Waals surface area contributed by atoms with E-state index in [1.54, 1.807) is 0 Å². The molecule has 1 saturated heterocycles. The Morgan fingerprint density at radius 2 is 1.53 bits per heavy atom. The van der Waals surface area contributed by atoms with Gasteiger partial charge in [0.2, 0.25) is 5.91 Å². The molecule has 1 heterocycles. The number of amides is 3. The van der Waals surface area contributed by atoms with Crippen molar-refractivity contribution in [3.8, 4) is 0 Å². The topological polar surface area (TPSA) is 49.4 Å². The molecule has 5 fully saturated rings. The van der Waals surface area contributed by atoms with E-state index in [2.05, 4.69) is 5.32 Å². The van der Waals surface area contributed by atoms with Crippen LogP contribution in [0.1, 0.15) is 38.5 Å². The third kappa shape index (κ3) is 1.30. The fourth-order valence-corrected chi connectivity index (χ4v) is 5.22. The molecule has 0 aromatic heterocycles. The zero-order chi connectivity index (χ0) is 11.6. The Bertz CT molecular complexity index is 369. The molecule has 0 atom stereocenters. The first-order valence-electron chi connectivity index (χ1n) is 6.76. The first-order valence-corrected chi connectivity index (χ1v) is 6.76. The second-order valence-electron chi connectivity index (χ2n) is 6.58. The Morgan fingerprint density at radius 3 is 1.94 bits per heavy atom. The molecule has 4 heteroatoms. The molecule has 0 spiro atoms. The SMILES string of the molecule is O=C1CN(C23CC4CC(CC(C4)C2)C3)C(=O)N1. The predicted molar refractivity (Wildman–Crippen MR) is 61.1 cm³/mol. The highest BCUT2D eigenvalue weighted by Gasteiger charge is 2.56. The molecule has 0 unspecified atom stereocenters. The van der Waals surface area contributed by atoms with Gasteiger partial charge in [-0.1, -0.05) is 0 Å². The van der Waals surface area contributed by atoms with Crippen LogP contribution in [0.4, 0.5) is 4.79 Å². The van der Waals surface area contributed by atoms with Gasteiger partial charge in [-0.05, 0) is 56.3 Å². The summed E-state index contributed by atoms with van der Waals surface area (Å²) in [6.45, 7) is 0.297. The van der Waals surface area contributed by atoms with Gasteiger partial charge in [0, 0.05) is 5.54 Å². The van der Waals surface area contributed by atoms with E-state index >= 15 is 0 Å². The molecule has 5 rings (SSSR count). The highest BCUT2D eigenvalue weighted by molar-refractivity contribution is 6.02. The summed E-state index contributed by atoms with van der Waals surface area (Å²) in [6, 6.07) is -0.142. The van der Waals surface area contributed by atoms with Gasteiger partial charge in [-0.15, -0.1) is 0 Å². The molecular formula is C13H18N2O2. The van der Waals surface area contributed by atoms with E-state index < -0.39 is 0 Å². The first kappa shape index (κ1) is 9.92. The molecule has 4 bridgehead atoms. The summed E-state index contributed by atoms with van der Waals surface area (Å²) < 4.78 is 0. The summed E-state index contributed by atoms with van der Waals surface area (Å²) in [7, 11) is 0. The largest absolute Gasteiger partial charge is 0.325 e. The molecule has 1 aliphatic heterocycles. The smallest absolute Gasteiger partial charge is 0.309 e. The number of urea groups is 1. The van der Waals surface area contributed by atoms with Crippen LogP contribution in [-0.2, 0) is 4.79 Å². The lowest BCUT2D eigenvalue weighted by Crippen LogP contribution is -2.60. The number of rotatable bonds is 1. The average molecular weight is 234 g/mol. The monoisotopic (exact) mass is 234 g/mol. The molecular weight excluding hydrogens is 216 g/mol. The van der Waals surface area contributed by atoms with Gasteiger partial charge in [0.05, 0.1) is 0 Å². The molecule has 4 aliphatic carbocycles. The van der Waals surface area contributed by atoms with Gasteiger partial charge in [0.15, 0.2) is 0 Å². The third-order valence-electron chi connectivity index (χ3n) is 5.37. The number of nitrogens with one attached hydrogen (secondary N) is 1. The lowest BCUT2D eigenvalue weighted by molar-refractivity contribution is -0.120. The molecule has 4 nitrogen and oxygen atoms in total. The fraction of sp³-hybridized carbons (Fsp3) is 0.846. The molecule has 0 aromatic carbocycles. The van der Waals surface area contributed by atoms with E-state index in [4.69, 9.17) is 0 Å². The van der Waals surface area contributed by atoms with Crippen molar-refractivity contribution in [2.75, 3.05) is 6.54 Å². The molecule has 17 heavy (non-hydrogen) atoms. The number of hydrogen-bond acceptors (Lipinski definition) is 2. The summed E-state index contributed by atoms with van der Waals surface area (Å²) in [4.78, 5) is 25.1. The summed E-state index contributed by atoms with van der Waals surface area (Å²) in [5.41, 5.74) is 0.0327. The van der Waals surface area contributed by atoms with Crippen molar-refractivity contribution in [3.63, 3.8) is 0 Å². The van der Waals surface area contributed by atoms with Crippen LogP contribution < -0.4 is 5.32 Å². The van der Waals surface area contributed by atoms with Gasteiger partial charge in [0.25, 0.3) is 0 Å². The Labute approximate surface area is 101 Å². The fourth-order valence-electron chi connectivity index (χ4n) is 5.22. The van der Waals surface area contributed by atoms with Crippen molar-refractivity contribution >= 4 is 11.9 Å². The second-order valence-corrected chi connectivity index (χ2v) is 6.58. The molecule has 1 N–H and O–H groups in total. The summed E-state index contributed by atoms with van der Waals surface area (Å²) in [5.74, 6) is 2.31. The van der Waals surface area contributed by atoms with Crippen LogP contribution in [0.15, 0.2) is 0 Å². The van der Waals surface area contributed by atoms with E-state index in [0.717, 1.165) is 37.0 Å². The van der Waals surface area contributed by atoms with E-state index in [0.29, 0.717) is 6.54 Å². The molecule has 4 saturated carbocycles. The third-order valence-corrected chi connectivity index (χ3v) is 5.37. The van der Waals surface area contributed by atoms with Gasteiger partial charge in [-0.2, -0.15) is 0 Å². The van der Waals surface area contributed by atoms with E-state index in [9.17, 15) is 9.59 Å². The Hall–Kier alpha value is -1.06. The zero-order valence-electron chi connectivity index (χ0n) is 9.95. The van der Waals surface area contributed by atoms with Gasteiger partial charge < -0.3 is 4.90 Å². The zero-order valence-corrected chi connectivity index (χ0v) is 9.95. The van der Waals surface area contributed by atoms with Crippen LogP contribution in [0.25, 0.3) is 0 Å².